The number of benzene rings is 4. The SMILES string of the molecule is O[C@H](CN1c2ccccc2N(Cc2cccc(OC(F)(F)F)c2)CC1c1cccc(-c2ccccc2)c1)C(F)(F)F. The van der Waals surface area contributed by atoms with Crippen molar-refractivity contribution < 1.29 is 36.2 Å². The summed E-state index contributed by atoms with van der Waals surface area (Å²) in [5, 5.41) is 10.1. The van der Waals surface area contributed by atoms with Crippen LogP contribution in [0.5, 0.6) is 5.75 Å². The van der Waals surface area contributed by atoms with Gasteiger partial charge in [-0.3, -0.25) is 0 Å². The lowest BCUT2D eigenvalue weighted by Crippen LogP contribution is -2.49. The molecule has 0 aromatic heterocycles. The number of rotatable bonds is 7. The van der Waals surface area contributed by atoms with Gasteiger partial charge in [0.15, 0.2) is 6.10 Å². The second-order valence-electron chi connectivity index (χ2n) is 9.78. The smallest absolute Gasteiger partial charge is 0.406 e. The summed E-state index contributed by atoms with van der Waals surface area (Å²) in [6.07, 6.45) is -12.2. The minimum atomic E-state index is -4.84. The second kappa shape index (κ2) is 11.4. The number of para-hydroxylation sites is 2. The Balaban J connectivity index is 1.55. The topological polar surface area (TPSA) is 35.9 Å². The third-order valence-corrected chi connectivity index (χ3v) is 6.93. The van der Waals surface area contributed by atoms with Gasteiger partial charge in [0.25, 0.3) is 0 Å². The fourth-order valence-corrected chi connectivity index (χ4v) is 5.12. The fraction of sp³-hybridized carbons (Fsp3) is 0.226. The Kier molecular flexibility index (Phi) is 7.86. The van der Waals surface area contributed by atoms with Crippen molar-refractivity contribution in [1.29, 1.82) is 0 Å². The first-order valence-electron chi connectivity index (χ1n) is 12.8. The van der Waals surface area contributed by atoms with Gasteiger partial charge in [-0.25, -0.2) is 0 Å². The summed E-state index contributed by atoms with van der Waals surface area (Å²) in [6.45, 7) is -0.301. The Hall–Kier alpha value is -4.18. The third-order valence-electron chi connectivity index (χ3n) is 6.93. The summed E-state index contributed by atoms with van der Waals surface area (Å²) < 4.78 is 83.1. The molecule has 0 fully saturated rings. The summed E-state index contributed by atoms with van der Waals surface area (Å²) in [4.78, 5) is 3.47. The number of β-amino-alcohol motifs (C(OH)–C–C–N with tert-alkyl or cyclic N) is 1. The molecule has 1 heterocycles. The van der Waals surface area contributed by atoms with Crippen molar-refractivity contribution in [2.24, 2.45) is 0 Å². The molecule has 0 radical (unpaired) electrons. The molecule has 41 heavy (non-hydrogen) atoms. The van der Waals surface area contributed by atoms with E-state index >= 15 is 0 Å². The number of hydrogen-bond acceptors (Lipinski definition) is 4. The van der Waals surface area contributed by atoms with Gasteiger partial charge < -0.3 is 19.6 Å². The molecule has 0 saturated carbocycles. The number of fused-ring (bicyclic) bond motifs is 1. The maximum absolute atomic E-state index is 13.5. The Morgan fingerprint density at radius 1 is 0.756 bits per heavy atom. The van der Waals surface area contributed by atoms with Crippen LogP contribution in [0.4, 0.5) is 37.7 Å². The van der Waals surface area contributed by atoms with Gasteiger partial charge in [-0.2, -0.15) is 13.2 Å². The van der Waals surface area contributed by atoms with Crippen molar-refractivity contribution >= 4 is 11.4 Å². The molecule has 0 spiro atoms. The molecule has 4 nitrogen and oxygen atoms in total. The summed E-state index contributed by atoms with van der Waals surface area (Å²) in [5.74, 6) is -0.359. The van der Waals surface area contributed by atoms with Crippen LogP contribution in [-0.4, -0.2) is 36.8 Å². The summed E-state index contributed by atoms with van der Waals surface area (Å²) >= 11 is 0. The van der Waals surface area contributed by atoms with Crippen LogP contribution in [0.25, 0.3) is 11.1 Å². The van der Waals surface area contributed by atoms with E-state index < -0.39 is 31.2 Å². The summed E-state index contributed by atoms with van der Waals surface area (Å²) in [5.41, 5.74) is 4.14. The van der Waals surface area contributed by atoms with E-state index in [9.17, 15) is 31.4 Å². The van der Waals surface area contributed by atoms with E-state index in [2.05, 4.69) is 4.74 Å². The first-order valence-corrected chi connectivity index (χ1v) is 12.8. The normalized spacial score (nSPS) is 16.3. The Morgan fingerprint density at radius 2 is 1.41 bits per heavy atom. The molecule has 5 rings (SSSR count). The van der Waals surface area contributed by atoms with E-state index in [1.807, 2.05) is 59.5 Å². The van der Waals surface area contributed by atoms with Crippen LogP contribution in [0.3, 0.4) is 0 Å². The average Bonchev–Trinajstić information content (AvgIpc) is 2.93. The predicted molar refractivity (Wildman–Crippen MR) is 145 cm³/mol. The van der Waals surface area contributed by atoms with Crippen LogP contribution in [0.15, 0.2) is 103 Å². The Morgan fingerprint density at radius 3 is 2.12 bits per heavy atom. The maximum Gasteiger partial charge on any atom is 0.573 e. The number of anilines is 2. The number of alkyl halides is 6. The average molecular weight is 573 g/mol. The van der Waals surface area contributed by atoms with Crippen molar-refractivity contribution in [2.75, 3.05) is 22.9 Å². The van der Waals surface area contributed by atoms with Gasteiger partial charge in [-0.1, -0.05) is 72.8 Å². The van der Waals surface area contributed by atoms with E-state index in [0.29, 0.717) is 16.9 Å². The summed E-state index contributed by atoms with van der Waals surface area (Å²) in [7, 11) is 0. The predicted octanol–water partition coefficient (Wildman–Crippen LogP) is 7.74. The molecular weight excluding hydrogens is 546 g/mol. The third kappa shape index (κ3) is 6.77. The van der Waals surface area contributed by atoms with Gasteiger partial charge in [0.05, 0.1) is 24.0 Å². The van der Waals surface area contributed by atoms with Crippen LogP contribution in [0.2, 0.25) is 0 Å². The van der Waals surface area contributed by atoms with E-state index in [-0.39, 0.29) is 18.8 Å². The van der Waals surface area contributed by atoms with Gasteiger partial charge in [0.2, 0.25) is 0 Å². The lowest BCUT2D eigenvalue weighted by atomic mass is 9.95. The highest BCUT2D eigenvalue weighted by Crippen LogP contribution is 2.43. The number of aliphatic hydroxyl groups excluding tert-OH is 1. The van der Waals surface area contributed by atoms with Gasteiger partial charge in [-0.05, 0) is 52.6 Å². The zero-order valence-corrected chi connectivity index (χ0v) is 21.6. The van der Waals surface area contributed by atoms with E-state index in [4.69, 9.17) is 0 Å². The highest BCUT2D eigenvalue weighted by molar-refractivity contribution is 5.75. The van der Waals surface area contributed by atoms with Crippen LogP contribution in [-0.2, 0) is 6.54 Å². The maximum atomic E-state index is 13.5. The molecule has 10 heteroatoms. The minimum Gasteiger partial charge on any atom is -0.406 e. The Bertz CT molecular complexity index is 1480. The van der Waals surface area contributed by atoms with E-state index in [0.717, 1.165) is 16.7 Å². The van der Waals surface area contributed by atoms with Crippen LogP contribution in [0.1, 0.15) is 17.2 Å². The lowest BCUT2D eigenvalue weighted by Gasteiger charge is -2.46. The largest absolute Gasteiger partial charge is 0.573 e. The standard InChI is InChI=1S/C31H26F6N2O2/c32-30(33,34)29(40)20-39-27-15-5-4-14-26(27)38(18-21-8-6-13-25(16-21)41-31(35,36)37)19-28(39)24-12-7-11-23(17-24)22-9-2-1-3-10-22/h1-17,28-29,40H,18-20H2/t28?,29-/m1/s1. The lowest BCUT2D eigenvalue weighted by molar-refractivity contribution is -0.274. The van der Waals surface area contributed by atoms with Crippen LogP contribution >= 0.6 is 0 Å². The van der Waals surface area contributed by atoms with E-state index in [1.54, 1.807) is 35.2 Å². The van der Waals surface area contributed by atoms with Gasteiger partial charge in [0, 0.05) is 13.1 Å². The second-order valence-corrected chi connectivity index (χ2v) is 9.78. The number of nitrogens with zero attached hydrogens (tertiary/aromatic N) is 2. The molecule has 1 N–H and O–H groups in total. The zero-order valence-electron chi connectivity index (χ0n) is 21.6. The molecule has 0 bridgehead atoms. The molecule has 1 aliphatic rings. The van der Waals surface area contributed by atoms with Crippen molar-refractivity contribution in [1.82, 2.24) is 0 Å². The van der Waals surface area contributed by atoms with E-state index in [1.165, 1.54) is 18.2 Å². The fourth-order valence-electron chi connectivity index (χ4n) is 5.12. The molecule has 4 aromatic rings. The monoisotopic (exact) mass is 572 g/mol. The number of hydrogen-bond donors (Lipinski definition) is 1. The van der Waals surface area contributed by atoms with Crippen molar-refractivity contribution in [3.8, 4) is 16.9 Å². The molecule has 1 unspecified atom stereocenters. The van der Waals surface area contributed by atoms with Crippen molar-refractivity contribution in [3.63, 3.8) is 0 Å². The zero-order chi connectivity index (χ0) is 29.2. The van der Waals surface area contributed by atoms with Crippen molar-refractivity contribution in [2.45, 2.75) is 31.2 Å². The highest BCUT2D eigenvalue weighted by Gasteiger charge is 2.42. The molecule has 214 valence electrons. The van der Waals surface area contributed by atoms with Crippen LogP contribution in [0, 0.1) is 0 Å². The van der Waals surface area contributed by atoms with Gasteiger partial charge in [-0.15, -0.1) is 13.2 Å². The molecule has 4 aromatic carbocycles. The number of aliphatic hydroxyl groups is 1. The highest BCUT2D eigenvalue weighted by atomic mass is 19.4. The first kappa shape index (κ1) is 28.4. The molecular formula is C31H26F6N2O2. The molecule has 0 aliphatic carbocycles. The quantitative estimate of drug-likeness (QED) is 0.230. The first-order chi connectivity index (χ1) is 19.5. The molecule has 0 saturated heterocycles. The van der Waals surface area contributed by atoms with Gasteiger partial charge in [0.1, 0.15) is 5.75 Å². The molecule has 0 amide bonds. The van der Waals surface area contributed by atoms with Crippen molar-refractivity contribution in [3.05, 3.63) is 114 Å². The van der Waals surface area contributed by atoms with Gasteiger partial charge >= 0.3 is 12.5 Å². The summed E-state index contributed by atoms with van der Waals surface area (Å²) in [6, 6.07) is 28.9. The minimum absolute atomic E-state index is 0.177. The molecule has 2 atom stereocenters. The number of halogens is 6. The molecule has 1 aliphatic heterocycles. The Labute approximate surface area is 233 Å². The number of ether oxygens (including phenoxy) is 1. The van der Waals surface area contributed by atoms with Crippen LogP contribution < -0.4 is 14.5 Å².